The maximum absolute atomic E-state index is 6.39. The van der Waals surface area contributed by atoms with Gasteiger partial charge in [0.25, 0.3) is 0 Å². The number of nitrogens with two attached hydrogens (primary N) is 1. The van der Waals surface area contributed by atoms with Crippen molar-refractivity contribution >= 4 is 35.8 Å². The Bertz CT molecular complexity index is 570. The molecule has 0 spiro atoms. The lowest BCUT2D eigenvalue weighted by Gasteiger charge is -2.17. The van der Waals surface area contributed by atoms with Crippen LogP contribution in [0.1, 0.15) is 38.3 Å². The lowest BCUT2D eigenvalue weighted by Crippen LogP contribution is -2.12. The molecule has 2 aromatic rings. The van der Waals surface area contributed by atoms with Gasteiger partial charge < -0.3 is 5.73 Å². The van der Waals surface area contributed by atoms with Gasteiger partial charge in [-0.15, -0.1) is 12.4 Å². The Kier molecular flexibility index (Phi) is 8.34. The number of benzene rings is 2. The zero-order valence-electron chi connectivity index (χ0n) is 13.0. The summed E-state index contributed by atoms with van der Waals surface area (Å²) in [5.74, 6) is 0.687. The summed E-state index contributed by atoms with van der Waals surface area (Å²) in [5.41, 5.74) is 7.62. The van der Waals surface area contributed by atoms with E-state index in [1.165, 1.54) is 15.4 Å². The second-order valence-electron chi connectivity index (χ2n) is 5.67. The van der Waals surface area contributed by atoms with Crippen molar-refractivity contribution in [3.8, 4) is 0 Å². The van der Waals surface area contributed by atoms with Gasteiger partial charge in [-0.05, 0) is 54.7 Å². The summed E-state index contributed by atoms with van der Waals surface area (Å²) in [7, 11) is 0. The Labute approximate surface area is 149 Å². The molecule has 120 valence electrons. The van der Waals surface area contributed by atoms with Crippen LogP contribution in [0.4, 0.5) is 0 Å². The summed E-state index contributed by atoms with van der Waals surface area (Å²) >= 11 is 7.68. The minimum atomic E-state index is 0. The molecule has 2 rings (SSSR count). The summed E-state index contributed by atoms with van der Waals surface area (Å²) < 4.78 is 0. The fourth-order valence-corrected chi connectivity index (χ4v) is 3.31. The first kappa shape index (κ1) is 19.4. The monoisotopic (exact) mass is 355 g/mol. The molecule has 0 aliphatic carbocycles. The van der Waals surface area contributed by atoms with Crippen molar-refractivity contribution in [2.24, 2.45) is 11.7 Å². The van der Waals surface area contributed by atoms with Gasteiger partial charge in [-0.2, -0.15) is 0 Å². The fourth-order valence-electron chi connectivity index (χ4n) is 2.18. The Morgan fingerprint density at radius 2 is 1.64 bits per heavy atom. The van der Waals surface area contributed by atoms with Crippen molar-refractivity contribution in [2.45, 2.75) is 42.5 Å². The number of rotatable bonds is 6. The molecule has 0 unspecified atom stereocenters. The van der Waals surface area contributed by atoms with Crippen molar-refractivity contribution in [1.82, 2.24) is 0 Å². The lowest BCUT2D eigenvalue weighted by molar-refractivity contribution is 0.504. The summed E-state index contributed by atoms with van der Waals surface area (Å²) in [6.07, 6.45) is 2.18. The van der Waals surface area contributed by atoms with Crippen LogP contribution in [0.15, 0.2) is 58.3 Å². The smallest absolute Gasteiger partial charge is 0.0406 e. The Balaban J connectivity index is 0.00000242. The van der Waals surface area contributed by atoms with Crippen molar-refractivity contribution in [2.75, 3.05) is 0 Å². The average Bonchev–Trinajstić information content (AvgIpc) is 2.48. The maximum atomic E-state index is 6.39. The number of halogens is 2. The summed E-state index contributed by atoms with van der Waals surface area (Å²) in [6.45, 7) is 4.47. The molecule has 0 heterocycles. The molecule has 1 nitrogen and oxygen atoms in total. The van der Waals surface area contributed by atoms with E-state index < -0.39 is 0 Å². The summed E-state index contributed by atoms with van der Waals surface area (Å²) in [6, 6.07) is 16.5. The molecule has 4 heteroatoms. The Morgan fingerprint density at radius 3 is 2.27 bits per heavy atom. The van der Waals surface area contributed by atoms with Gasteiger partial charge >= 0.3 is 0 Å². The van der Waals surface area contributed by atoms with Gasteiger partial charge in [-0.1, -0.05) is 55.4 Å². The summed E-state index contributed by atoms with van der Waals surface area (Å²) in [5, 5.41) is 0.765. The second kappa shape index (κ2) is 9.46. The van der Waals surface area contributed by atoms with E-state index in [0.717, 1.165) is 17.9 Å². The molecule has 0 amide bonds. The first-order valence-corrected chi connectivity index (χ1v) is 8.53. The predicted octanol–water partition coefficient (Wildman–Crippen LogP) is 6.35. The minimum Gasteiger partial charge on any atom is -0.324 e. The normalized spacial score (nSPS) is 12.0. The third kappa shape index (κ3) is 5.85. The molecule has 1 atom stereocenters. The van der Waals surface area contributed by atoms with Gasteiger partial charge in [0.15, 0.2) is 0 Å². The van der Waals surface area contributed by atoms with E-state index in [1.54, 1.807) is 11.8 Å². The maximum Gasteiger partial charge on any atom is 0.0406 e. The van der Waals surface area contributed by atoms with Crippen LogP contribution in [0, 0.1) is 5.92 Å². The third-order valence-corrected chi connectivity index (χ3v) is 4.77. The zero-order chi connectivity index (χ0) is 15.2. The van der Waals surface area contributed by atoms with Crippen LogP contribution in [0.5, 0.6) is 0 Å². The zero-order valence-corrected chi connectivity index (χ0v) is 15.3. The number of hydrogen-bond acceptors (Lipinski definition) is 2. The van der Waals surface area contributed by atoms with E-state index in [4.69, 9.17) is 17.3 Å². The van der Waals surface area contributed by atoms with Crippen LogP contribution in [-0.4, -0.2) is 0 Å². The van der Waals surface area contributed by atoms with Crippen LogP contribution in [-0.2, 0) is 0 Å². The minimum absolute atomic E-state index is 0. The van der Waals surface area contributed by atoms with E-state index in [-0.39, 0.29) is 18.4 Å². The molecule has 0 bridgehead atoms. The molecule has 0 saturated heterocycles. The molecule has 0 fully saturated rings. The van der Waals surface area contributed by atoms with Crippen LogP contribution >= 0.6 is 35.8 Å². The molecule has 2 N–H and O–H groups in total. The highest BCUT2D eigenvalue weighted by Gasteiger charge is 2.12. The number of hydrogen-bond donors (Lipinski definition) is 1. The summed E-state index contributed by atoms with van der Waals surface area (Å²) in [4.78, 5) is 2.42. The van der Waals surface area contributed by atoms with Gasteiger partial charge in [0.2, 0.25) is 0 Å². The highest BCUT2D eigenvalue weighted by molar-refractivity contribution is 7.99. The van der Waals surface area contributed by atoms with Crippen molar-refractivity contribution in [1.29, 1.82) is 0 Å². The van der Waals surface area contributed by atoms with E-state index in [2.05, 4.69) is 38.1 Å². The highest BCUT2D eigenvalue weighted by Crippen LogP contribution is 2.34. The van der Waals surface area contributed by atoms with Crippen molar-refractivity contribution in [3.63, 3.8) is 0 Å². The first-order chi connectivity index (χ1) is 10.1. The topological polar surface area (TPSA) is 26.0 Å². The van der Waals surface area contributed by atoms with Crippen LogP contribution in [0.2, 0.25) is 5.02 Å². The SMILES string of the molecule is CC(C)CC[C@@H](N)c1ccccc1Sc1ccc(Cl)cc1.Cl. The van der Waals surface area contributed by atoms with Gasteiger partial charge in [0, 0.05) is 20.9 Å². The van der Waals surface area contributed by atoms with Crippen molar-refractivity contribution in [3.05, 3.63) is 59.1 Å². The van der Waals surface area contributed by atoms with E-state index >= 15 is 0 Å². The van der Waals surface area contributed by atoms with Crippen LogP contribution in [0.25, 0.3) is 0 Å². The van der Waals surface area contributed by atoms with Gasteiger partial charge in [-0.25, -0.2) is 0 Å². The molecule has 22 heavy (non-hydrogen) atoms. The van der Waals surface area contributed by atoms with Crippen LogP contribution in [0.3, 0.4) is 0 Å². The van der Waals surface area contributed by atoms with Gasteiger partial charge in [0.05, 0.1) is 0 Å². The molecule has 0 aromatic heterocycles. The van der Waals surface area contributed by atoms with E-state index in [1.807, 2.05) is 24.3 Å². The van der Waals surface area contributed by atoms with Gasteiger partial charge in [0.1, 0.15) is 0 Å². The molecule has 0 radical (unpaired) electrons. The van der Waals surface area contributed by atoms with E-state index in [9.17, 15) is 0 Å². The largest absolute Gasteiger partial charge is 0.324 e. The van der Waals surface area contributed by atoms with Gasteiger partial charge in [-0.3, -0.25) is 0 Å². The molecule has 0 aliphatic heterocycles. The Hall–Kier alpha value is -0.670. The lowest BCUT2D eigenvalue weighted by atomic mass is 9.98. The third-order valence-electron chi connectivity index (χ3n) is 3.41. The fraction of sp³-hybridized carbons (Fsp3) is 0.333. The first-order valence-electron chi connectivity index (χ1n) is 7.34. The highest BCUT2D eigenvalue weighted by atomic mass is 35.5. The molecule has 2 aromatic carbocycles. The Morgan fingerprint density at radius 1 is 1.00 bits per heavy atom. The van der Waals surface area contributed by atoms with Crippen LogP contribution < -0.4 is 5.73 Å². The molecule has 0 aliphatic rings. The van der Waals surface area contributed by atoms with E-state index in [0.29, 0.717) is 5.92 Å². The molecular weight excluding hydrogens is 333 g/mol. The van der Waals surface area contributed by atoms with Crippen molar-refractivity contribution < 1.29 is 0 Å². The average molecular weight is 356 g/mol. The predicted molar refractivity (Wildman–Crippen MR) is 100 cm³/mol. The quantitative estimate of drug-likeness (QED) is 0.653. The standard InChI is InChI=1S/C18H22ClNS.ClH/c1-13(2)7-12-17(20)16-5-3-4-6-18(16)21-15-10-8-14(19)9-11-15;/h3-6,8-11,13,17H,7,12,20H2,1-2H3;1H/t17-;/m1./s1. The second-order valence-corrected chi connectivity index (χ2v) is 7.22. The molecule has 0 saturated carbocycles. The molecular formula is C18H23Cl2NS.